The van der Waals surface area contributed by atoms with Gasteiger partial charge in [0.25, 0.3) is 5.91 Å². The van der Waals surface area contributed by atoms with Gasteiger partial charge in [0.15, 0.2) is 0 Å². The van der Waals surface area contributed by atoms with E-state index in [-0.39, 0.29) is 11.3 Å². The Morgan fingerprint density at radius 1 is 0.960 bits per heavy atom. The van der Waals surface area contributed by atoms with Crippen LogP contribution in [0.3, 0.4) is 0 Å². The standard InChI is InChI=1S/C18H16N2O5/c1-25-13-8-6-12(7-9-13)19-18(24)14-4-2-3-5-15(14)20-16(21)10-11-17(22)23/h2-11H,1H3,(H,19,24)(H,20,21)(H,22,23)/p-1/b11-10-. The SMILES string of the molecule is COc1ccc(NC(=O)c2ccccc2NC(=O)/C=C\C(=O)[O-])cc1. The van der Waals surface area contributed by atoms with E-state index >= 15 is 0 Å². The van der Waals surface area contributed by atoms with Gasteiger partial charge < -0.3 is 25.3 Å². The molecule has 0 unspecified atom stereocenters. The Labute approximate surface area is 143 Å². The Morgan fingerprint density at radius 3 is 2.28 bits per heavy atom. The molecule has 2 amide bonds. The first-order valence-corrected chi connectivity index (χ1v) is 7.24. The number of rotatable bonds is 6. The molecule has 0 aromatic heterocycles. The van der Waals surface area contributed by atoms with Gasteiger partial charge in [-0.05, 0) is 42.5 Å². The monoisotopic (exact) mass is 339 g/mol. The van der Waals surface area contributed by atoms with Crippen molar-refractivity contribution in [3.8, 4) is 5.75 Å². The molecule has 0 heterocycles. The molecule has 2 N–H and O–H groups in total. The number of benzene rings is 2. The molecule has 0 radical (unpaired) electrons. The number of methoxy groups -OCH3 is 1. The van der Waals surface area contributed by atoms with E-state index in [4.69, 9.17) is 4.74 Å². The molecule has 0 aliphatic heterocycles. The van der Waals surface area contributed by atoms with Gasteiger partial charge in [0, 0.05) is 11.8 Å². The lowest BCUT2D eigenvalue weighted by Gasteiger charge is -2.11. The number of nitrogens with one attached hydrogen (secondary N) is 2. The van der Waals surface area contributed by atoms with Gasteiger partial charge in [-0.3, -0.25) is 9.59 Å². The second kappa shape index (κ2) is 8.30. The van der Waals surface area contributed by atoms with Crippen LogP contribution in [0.1, 0.15) is 10.4 Å². The van der Waals surface area contributed by atoms with E-state index in [0.717, 1.165) is 6.08 Å². The van der Waals surface area contributed by atoms with Crippen molar-refractivity contribution < 1.29 is 24.2 Å². The zero-order valence-electron chi connectivity index (χ0n) is 13.3. The molecule has 0 bridgehead atoms. The summed E-state index contributed by atoms with van der Waals surface area (Å²) in [4.78, 5) is 34.4. The van der Waals surface area contributed by atoms with Crippen LogP contribution >= 0.6 is 0 Å². The third kappa shape index (κ3) is 5.21. The summed E-state index contributed by atoms with van der Waals surface area (Å²) in [5.41, 5.74) is 1.04. The van der Waals surface area contributed by atoms with Crippen LogP contribution in [-0.4, -0.2) is 24.9 Å². The molecule has 0 aliphatic carbocycles. The number of anilines is 2. The number of para-hydroxylation sites is 1. The number of carboxylic acid groups (broad SMARTS) is 1. The van der Waals surface area contributed by atoms with E-state index in [1.165, 1.54) is 12.1 Å². The fourth-order valence-electron chi connectivity index (χ4n) is 1.98. The van der Waals surface area contributed by atoms with Crippen LogP contribution in [0.15, 0.2) is 60.7 Å². The number of hydrogen-bond donors (Lipinski definition) is 2. The molecule has 0 spiro atoms. The average Bonchev–Trinajstić information content (AvgIpc) is 2.61. The molecule has 2 rings (SSSR count). The topological polar surface area (TPSA) is 108 Å². The number of amides is 2. The quantitative estimate of drug-likeness (QED) is 0.769. The highest BCUT2D eigenvalue weighted by Gasteiger charge is 2.12. The number of carboxylic acids is 1. The molecule has 0 aliphatic rings. The van der Waals surface area contributed by atoms with Gasteiger partial charge in [-0.25, -0.2) is 0 Å². The minimum Gasteiger partial charge on any atom is -0.545 e. The predicted octanol–water partition coefficient (Wildman–Crippen LogP) is 1.19. The molecular formula is C18H15N2O5-. The van der Waals surface area contributed by atoms with Gasteiger partial charge in [0.1, 0.15) is 5.75 Å². The summed E-state index contributed by atoms with van der Waals surface area (Å²) in [5, 5.41) is 15.5. The van der Waals surface area contributed by atoms with Crippen LogP contribution in [0.4, 0.5) is 11.4 Å². The van der Waals surface area contributed by atoms with Crippen LogP contribution in [0.25, 0.3) is 0 Å². The third-order valence-corrected chi connectivity index (χ3v) is 3.15. The summed E-state index contributed by atoms with van der Waals surface area (Å²) >= 11 is 0. The van der Waals surface area contributed by atoms with E-state index in [1.54, 1.807) is 43.5 Å². The molecule has 25 heavy (non-hydrogen) atoms. The fourth-order valence-corrected chi connectivity index (χ4v) is 1.98. The van der Waals surface area contributed by atoms with Gasteiger partial charge in [0.2, 0.25) is 5.91 Å². The normalized spacial score (nSPS) is 10.3. The molecule has 128 valence electrons. The van der Waals surface area contributed by atoms with Crippen LogP contribution in [-0.2, 0) is 9.59 Å². The Bertz CT molecular complexity index is 812. The van der Waals surface area contributed by atoms with Gasteiger partial charge >= 0.3 is 0 Å². The van der Waals surface area contributed by atoms with Gasteiger partial charge in [-0.1, -0.05) is 12.1 Å². The lowest BCUT2D eigenvalue weighted by atomic mass is 10.1. The van der Waals surface area contributed by atoms with Gasteiger partial charge in [-0.2, -0.15) is 0 Å². The summed E-state index contributed by atoms with van der Waals surface area (Å²) in [6, 6.07) is 13.1. The Kier molecular flexibility index (Phi) is 5.89. The largest absolute Gasteiger partial charge is 0.545 e. The Hall–Kier alpha value is -3.61. The van der Waals surface area contributed by atoms with Crippen LogP contribution in [0.5, 0.6) is 5.75 Å². The number of ether oxygens (including phenoxy) is 1. The molecule has 7 nitrogen and oxygen atoms in total. The van der Waals surface area contributed by atoms with Crippen molar-refractivity contribution in [3.05, 3.63) is 66.2 Å². The van der Waals surface area contributed by atoms with Crippen molar-refractivity contribution in [3.63, 3.8) is 0 Å². The van der Waals surface area contributed by atoms with Crippen molar-refractivity contribution in [2.75, 3.05) is 17.7 Å². The van der Waals surface area contributed by atoms with Gasteiger partial charge in [-0.15, -0.1) is 0 Å². The first-order valence-electron chi connectivity index (χ1n) is 7.24. The number of hydrogen-bond acceptors (Lipinski definition) is 5. The number of aliphatic carboxylic acids is 1. The van der Waals surface area contributed by atoms with Crippen LogP contribution in [0.2, 0.25) is 0 Å². The van der Waals surface area contributed by atoms with Gasteiger partial charge in [0.05, 0.1) is 24.3 Å². The molecule has 0 saturated heterocycles. The first-order chi connectivity index (χ1) is 12.0. The summed E-state index contributed by atoms with van der Waals surface area (Å²) < 4.78 is 5.05. The van der Waals surface area contributed by atoms with Crippen molar-refractivity contribution in [1.82, 2.24) is 0 Å². The van der Waals surface area contributed by atoms with E-state index in [0.29, 0.717) is 17.5 Å². The third-order valence-electron chi connectivity index (χ3n) is 3.15. The van der Waals surface area contributed by atoms with Crippen molar-refractivity contribution in [2.24, 2.45) is 0 Å². The zero-order valence-corrected chi connectivity index (χ0v) is 13.3. The lowest BCUT2D eigenvalue weighted by molar-refractivity contribution is -0.297. The maximum Gasteiger partial charge on any atom is 0.257 e. The highest BCUT2D eigenvalue weighted by Crippen LogP contribution is 2.19. The summed E-state index contributed by atoms with van der Waals surface area (Å²) in [7, 11) is 1.54. The molecule has 2 aromatic carbocycles. The van der Waals surface area contributed by atoms with Crippen LogP contribution < -0.4 is 20.5 Å². The van der Waals surface area contributed by atoms with E-state index in [2.05, 4.69) is 10.6 Å². The maximum atomic E-state index is 12.4. The van der Waals surface area contributed by atoms with E-state index < -0.39 is 17.8 Å². The second-order valence-electron chi connectivity index (χ2n) is 4.87. The molecule has 2 aromatic rings. The van der Waals surface area contributed by atoms with E-state index in [9.17, 15) is 19.5 Å². The fraction of sp³-hybridized carbons (Fsp3) is 0.0556. The zero-order chi connectivity index (χ0) is 18.2. The summed E-state index contributed by atoms with van der Waals surface area (Å²) in [5.74, 6) is -1.94. The minimum absolute atomic E-state index is 0.230. The number of carbonyl (C=O) groups excluding carboxylic acids is 3. The summed E-state index contributed by atoms with van der Waals surface area (Å²) in [6.07, 6.45) is 1.42. The predicted molar refractivity (Wildman–Crippen MR) is 90.2 cm³/mol. The van der Waals surface area contributed by atoms with Crippen LogP contribution in [0, 0.1) is 0 Å². The number of carbonyl (C=O) groups is 3. The molecule has 0 fully saturated rings. The summed E-state index contributed by atoms with van der Waals surface area (Å²) in [6.45, 7) is 0. The molecule has 0 saturated carbocycles. The lowest BCUT2D eigenvalue weighted by Crippen LogP contribution is -2.20. The average molecular weight is 339 g/mol. The maximum absolute atomic E-state index is 12.4. The Morgan fingerprint density at radius 2 is 1.64 bits per heavy atom. The highest BCUT2D eigenvalue weighted by atomic mass is 16.5. The van der Waals surface area contributed by atoms with Crippen molar-refractivity contribution in [1.29, 1.82) is 0 Å². The molecule has 0 atom stereocenters. The highest BCUT2D eigenvalue weighted by molar-refractivity contribution is 6.11. The minimum atomic E-state index is -1.49. The van der Waals surface area contributed by atoms with Crippen molar-refractivity contribution in [2.45, 2.75) is 0 Å². The van der Waals surface area contributed by atoms with Crippen molar-refractivity contribution >= 4 is 29.2 Å². The first kappa shape index (κ1) is 17.7. The molecular weight excluding hydrogens is 324 g/mol. The second-order valence-corrected chi connectivity index (χ2v) is 4.87. The molecule has 7 heteroatoms. The Balaban J connectivity index is 2.14. The van der Waals surface area contributed by atoms with E-state index in [1.807, 2.05) is 0 Å². The smallest absolute Gasteiger partial charge is 0.257 e.